The number of pyridine rings is 1. The predicted octanol–water partition coefficient (Wildman–Crippen LogP) is 4.71. The van der Waals surface area contributed by atoms with Gasteiger partial charge in [0.25, 0.3) is 5.91 Å². The van der Waals surface area contributed by atoms with Crippen LogP contribution in [0.3, 0.4) is 0 Å². The summed E-state index contributed by atoms with van der Waals surface area (Å²) >= 11 is 0. The molecule has 0 radical (unpaired) electrons. The fraction of sp³-hybridized carbons (Fsp3) is 0.296. The van der Waals surface area contributed by atoms with Gasteiger partial charge in [-0.15, -0.1) is 0 Å². The Kier molecular flexibility index (Phi) is 8.05. The molecule has 0 bridgehead atoms. The first-order valence-corrected chi connectivity index (χ1v) is 11.7. The van der Waals surface area contributed by atoms with Crippen LogP contribution >= 0.6 is 0 Å². The Balaban J connectivity index is 1.45. The molecule has 1 heterocycles. The molecular formula is C27H28FN3O4. The summed E-state index contributed by atoms with van der Waals surface area (Å²) in [5.74, 6) is -0.524. The van der Waals surface area contributed by atoms with E-state index in [1.165, 1.54) is 25.1 Å². The van der Waals surface area contributed by atoms with E-state index in [1.54, 1.807) is 36.4 Å². The molecule has 1 fully saturated rings. The molecule has 1 aliphatic rings. The highest BCUT2D eigenvalue weighted by Crippen LogP contribution is 2.29. The first kappa shape index (κ1) is 24.3. The maximum Gasteiger partial charge on any atom is 0.344 e. The molecule has 0 atom stereocenters. The maximum absolute atomic E-state index is 13.9. The van der Waals surface area contributed by atoms with E-state index >= 15 is 0 Å². The van der Waals surface area contributed by atoms with Crippen molar-refractivity contribution in [2.45, 2.75) is 32.2 Å². The molecule has 8 heteroatoms. The van der Waals surface area contributed by atoms with Crippen molar-refractivity contribution in [3.63, 3.8) is 0 Å². The van der Waals surface area contributed by atoms with E-state index in [1.807, 2.05) is 6.07 Å². The van der Waals surface area contributed by atoms with Gasteiger partial charge in [0, 0.05) is 18.3 Å². The maximum atomic E-state index is 13.9. The lowest BCUT2D eigenvalue weighted by molar-refractivity contribution is -0.147. The van der Waals surface area contributed by atoms with Crippen LogP contribution in [0.4, 0.5) is 10.1 Å². The molecular weight excluding hydrogens is 449 g/mol. The van der Waals surface area contributed by atoms with Gasteiger partial charge in [-0.25, -0.2) is 9.18 Å². The monoisotopic (exact) mass is 477 g/mol. The fourth-order valence-corrected chi connectivity index (χ4v) is 4.16. The zero-order chi connectivity index (χ0) is 24.6. The molecule has 3 aromatic rings. The van der Waals surface area contributed by atoms with Crippen molar-refractivity contribution in [2.75, 3.05) is 18.5 Å². The van der Waals surface area contributed by atoms with Crippen molar-refractivity contribution >= 4 is 17.6 Å². The molecule has 1 aliphatic carbocycles. The van der Waals surface area contributed by atoms with Crippen LogP contribution in [0.1, 0.15) is 41.6 Å². The fourth-order valence-electron chi connectivity index (χ4n) is 4.16. The summed E-state index contributed by atoms with van der Waals surface area (Å²) < 4.78 is 24.9. The summed E-state index contributed by atoms with van der Waals surface area (Å²) in [5, 5.41) is 2.56. The number of nitrogens with two attached hydrogens (primary N) is 1. The topological polar surface area (TPSA) is 104 Å². The van der Waals surface area contributed by atoms with E-state index in [0.29, 0.717) is 23.8 Å². The number of hydrogen-bond acceptors (Lipinski definition) is 6. The molecule has 1 amide bonds. The summed E-state index contributed by atoms with van der Waals surface area (Å²) in [7, 11) is 0. The number of carbonyl (C=O) groups excluding carboxylic acids is 2. The van der Waals surface area contributed by atoms with Crippen molar-refractivity contribution in [3.8, 4) is 16.9 Å². The summed E-state index contributed by atoms with van der Waals surface area (Å²) in [5.41, 5.74) is 8.65. The lowest BCUT2D eigenvalue weighted by atomic mass is 9.96. The molecule has 1 aromatic heterocycles. The van der Waals surface area contributed by atoms with Gasteiger partial charge < -0.3 is 20.5 Å². The van der Waals surface area contributed by atoms with Crippen molar-refractivity contribution in [1.82, 2.24) is 4.98 Å². The van der Waals surface area contributed by atoms with Crippen molar-refractivity contribution in [2.24, 2.45) is 11.7 Å². The molecule has 0 aliphatic heterocycles. The Morgan fingerprint density at radius 2 is 1.94 bits per heavy atom. The third kappa shape index (κ3) is 6.42. The lowest BCUT2D eigenvalue weighted by Gasteiger charge is -2.13. The van der Waals surface area contributed by atoms with E-state index < -0.39 is 17.7 Å². The van der Waals surface area contributed by atoms with Gasteiger partial charge in [-0.1, -0.05) is 31.0 Å². The Labute approximate surface area is 203 Å². The first-order chi connectivity index (χ1) is 17.0. The van der Waals surface area contributed by atoms with Crippen LogP contribution in [0, 0.1) is 11.7 Å². The zero-order valence-corrected chi connectivity index (χ0v) is 19.3. The van der Waals surface area contributed by atoms with Crippen molar-refractivity contribution in [1.29, 1.82) is 0 Å². The van der Waals surface area contributed by atoms with Crippen LogP contribution in [0.5, 0.6) is 5.75 Å². The van der Waals surface area contributed by atoms with Gasteiger partial charge in [0.1, 0.15) is 5.75 Å². The minimum atomic E-state index is -0.619. The zero-order valence-electron chi connectivity index (χ0n) is 19.3. The Morgan fingerprint density at radius 3 is 2.71 bits per heavy atom. The second-order valence-corrected chi connectivity index (χ2v) is 8.54. The number of esters is 1. The Bertz CT molecular complexity index is 1190. The highest BCUT2D eigenvalue weighted by molar-refractivity contribution is 6.05. The minimum absolute atomic E-state index is 0.0460. The quantitative estimate of drug-likeness (QED) is 0.433. The Morgan fingerprint density at radius 1 is 1.11 bits per heavy atom. The van der Waals surface area contributed by atoms with E-state index in [2.05, 4.69) is 10.3 Å². The largest absolute Gasteiger partial charge is 0.482 e. The first-order valence-electron chi connectivity index (χ1n) is 11.7. The number of carbonyl (C=O) groups is 2. The van der Waals surface area contributed by atoms with Crippen LogP contribution in [0.15, 0.2) is 60.9 Å². The average molecular weight is 478 g/mol. The molecule has 35 heavy (non-hydrogen) atoms. The SMILES string of the molecule is NCc1ccc(C(=O)Nc2ccncc2F)cc1-c1cccc(OCC(=O)OCC2CCCC2)c1. The summed E-state index contributed by atoms with van der Waals surface area (Å²) in [6, 6.07) is 13.7. The normalized spacial score (nSPS) is 13.4. The number of rotatable bonds is 9. The molecule has 0 unspecified atom stereocenters. The number of benzene rings is 2. The number of amides is 1. The molecule has 7 nitrogen and oxygen atoms in total. The number of ether oxygens (including phenoxy) is 2. The number of nitrogens with one attached hydrogen (secondary N) is 1. The smallest absolute Gasteiger partial charge is 0.344 e. The van der Waals surface area contributed by atoms with Crippen LogP contribution in [0.25, 0.3) is 11.1 Å². The summed E-state index contributed by atoms with van der Waals surface area (Å²) in [6.45, 7) is 0.523. The second-order valence-electron chi connectivity index (χ2n) is 8.54. The van der Waals surface area contributed by atoms with Gasteiger partial charge in [-0.2, -0.15) is 0 Å². The molecule has 1 saturated carbocycles. The van der Waals surface area contributed by atoms with Gasteiger partial charge in [0.05, 0.1) is 18.5 Å². The van der Waals surface area contributed by atoms with Crippen LogP contribution in [-0.2, 0) is 16.1 Å². The highest BCUT2D eigenvalue weighted by Gasteiger charge is 2.17. The highest BCUT2D eigenvalue weighted by atomic mass is 19.1. The molecule has 4 rings (SSSR count). The third-order valence-electron chi connectivity index (χ3n) is 6.07. The average Bonchev–Trinajstić information content (AvgIpc) is 3.41. The van der Waals surface area contributed by atoms with E-state index in [4.69, 9.17) is 15.2 Å². The summed E-state index contributed by atoms with van der Waals surface area (Å²) in [4.78, 5) is 28.5. The third-order valence-corrected chi connectivity index (χ3v) is 6.07. The van der Waals surface area contributed by atoms with E-state index in [9.17, 15) is 14.0 Å². The molecule has 3 N–H and O–H groups in total. The van der Waals surface area contributed by atoms with Crippen molar-refractivity contribution < 1.29 is 23.5 Å². The van der Waals surface area contributed by atoms with Gasteiger partial charge in [0.15, 0.2) is 12.4 Å². The number of anilines is 1. The van der Waals surface area contributed by atoms with Gasteiger partial charge in [-0.05, 0) is 65.8 Å². The summed E-state index contributed by atoms with van der Waals surface area (Å²) in [6.07, 6.45) is 7.04. The number of aromatic nitrogens is 1. The Hall–Kier alpha value is -3.78. The van der Waals surface area contributed by atoms with Crippen LogP contribution < -0.4 is 15.8 Å². The molecule has 2 aromatic carbocycles. The predicted molar refractivity (Wildman–Crippen MR) is 130 cm³/mol. The van der Waals surface area contributed by atoms with Crippen molar-refractivity contribution in [3.05, 3.63) is 77.9 Å². The number of hydrogen-bond donors (Lipinski definition) is 2. The molecule has 0 spiro atoms. The van der Waals surface area contributed by atoms with E-state index in [0.717, 1.165) is 35.7 Å². The van der Waals surface area contributed by atoms with Crippen LogP contribution in [-0.4, -0.2) is 30.1 Å². The molecule has 182 valence electrons. The number of nitrogens with zero attached hydrogens (tertiary/aromatic N) is 1. The lowest BCUT2D eigenvalue weighted by Crippen LogP contribution is -2.18. The molecule has 0 saturated heterocycles. The standard InChI is InChI=1S/C27H28FN3O4/c28-24-15-30-11-10-25(24)31-27(33)20-8-9-21(14-29)23(13-20)19-6-3-7-22(12-19)34-17-26(32)35-16-18-4-1-2-5-18/h3,6-13,15,18H,1-2,4-5,14,16-17,29H2,(H,30,31,33). The minimum Gasteiger partial charge on any atom is -0.482 e. The van der Waals surface area contributed by atoms with Crippen LogP contribution in [0.2, 0.25) is 0 Å². The van der Waals surface area contributed by atoms with Gasteiger partial charge in [-0.3, -0.25) is 9.78 Å². The van der Waals surface area contributed by atoms with Gasteiger partial charge >= 0.3 is 5.97 Å². The van der Waals surface area contributed by atoms with E-state index in [-0.39, 0.29) is 18.8 Å². The second kappa shape index (κ2) is 11.6. The van der Waals surface area contributed by atoms with Gasteiger partial charge in [0.2, 0.25) is 0 Å². The number of halogens is 1.